The van der Waals surface area contributed by atoms with Crippen LogP contribution < -0.4 is 5.32 Å². The van der Waals surface area contributed by atoms with E-state index in [1.54, 1.807) is 29.3 Å². The van der Waals surface area contributed by atoms with E-state index in [9.17, 15) is 13.2 Å². The molecule has 1 aromatic heterocycles. The summed E-state index contributed by atoms with van der Waals surface area (Å²) >= 11 is 0. The van der Waals surface area contributed by atoms with E-state index >= 15 is 0 Å². The number of carbonyl (C=O) groups excluding carboxylic acids is 1. The Morgan fingerprint density at radius 2 is 2.00 bits per heavy atom. The highest BCUT2D eigenvalue weighted by molar-refractivity contribution is 7.89. The predicted molar refractivity (Wildman–Crippen MR) is 102 cm³/mol. The maximum atomic E-state index is 12.8. The fraction of sp³-hybridized carbons (Fsp3) is 0.368. The van der Waals surface area contributed by atoms with Crippen LogP contribution in [0.2, 0.25) is 0 Å². The second-order valence-electron chi connectivity index (χ2n) is 6.77. The van der Waals surface area contributed by atoms with Crippen molar-refractivity contribution in [3.63, 3.8) is 0 Å². The van der Waals surface area contributed by atoms with Gasteiger partial charge in [-0.15, -0.1) is 0 Å². The lowest BCUT2D eigenvalue weighted by Gasteiger charge is -2.23. The zero-order valence-electron chi connectivity index (χ0n) is 15.0. The topological polar surface area (TPSA) is 79.4 Å². The van der Waals surface area contributed by atoms with Gasteiger partial charge in [-0.05, 0) is 49.1 Å². The van der Waals surface area contributed by atoms with E-state index in [4.69, 9.17) is 0 Å². The molecule has 0 unspecified atom stereocenters. The number of hydrogen-bond donors (Lipinski definition) is 1. The van der Waals surface area contributed by atoms with Gasteiger partial charge in [0, 0.05) is 24.2 Å². The first kappa shape index (κ1) is 18.4. The van der Waals surface area contributed by atoms with Gasteiger partial charge < -0.3 is 10.2 Å². The lowest BCUT2D eigenvalue weighted by atomic mass is 10.1. The summed E-state index contributed by atoms with van der Waals surface area (Å²) in [5.74, 6) is -0.0389. The molecule has 1 saturated carbocycles. The summed E-state index contributed by atoms with van der Waals surface area (Å²) in [4.78, 5) is 18.9. The maximum Gasteiger partial charge on any atom is 0.322 e. The average Bonchev–Trinajstić information content (AvgIpc) is 3.41. The van der Waals surface area contributed by atoms with Crippen molar-refractivity contribution in [2.45, 2.75) is 38.1 Å². The Morgan fingerprint density at radius 3 is 2.62 bits per heavy atom. The Labute approximate surface area is 154 Å². The number of carbonyl (C=O) groups is 1. The highest BCUT2D eigenvalue weighted by Gasteiger charge is 2.33. The van der Waals surface area contributed by atoms with Gasteiger partial charge in [0.15, 0.2) is 9.84 Å². The number of amides is 2. The molecular weight excluding hydrogens is 350 g/mol. The second kappa shape index (κ2) is 7.45. The second-order valence-corrected chi connectivity index (χ2v) is 8.91. The van der Waals surface area contributed by atoms with Gasteiger partial charge in [0.1, 0.15) is 0 Å². The molecule has 0 bridgehead atoms. The SMILES string of the molecule is Cc1c(CS(C)(=O)=O)cccc1NC(=O)N(Cc1ccccn1)C1CC1. The van der Waals surface area contributed by atoms with Crippen LogP contribution in [0.5, 0.6) is 0 Å². The van der Waals surface area contributed by atoms with Crippen molar-refractivity contribution in [1.29, 1.82) is 0 Å². The van der Waals surface area contributed by atoms with E-state index in [-0.39, 0.29) is 17.8 Å². The average molecular weight is 373 g/mol. The molecule has 3 rings (SSSR count). The Morgan fingerprint density at radius 1 is 1.23 bits per heavy atom. The molecule has 0 radical (unpaired) electrons. The van der Waals surface area contributed by atoms with Gasteiger partial charge in [-0.25, -0.2) is 13.2 Å². The summed E-state index contributed by atoms with van der Waals surface area (Å²) in [7, 11) is -3.14. The number of anilines is 1. The first-order chi connectivity index (χ1) is 12.3. The van der Waals surface area contributed by atoms with E-state index in [1.165, 1.54) is 6.26 Å². The summed E-state index contributed by atoms with van der Waals surface area (Å²) in [6.45, 7) is 2.29. The van der Waals surface area contributed by atoms with Gasteiger partial charge in [0.25, 0.3) is 0 Å². The highest BCUT2D eigenvalue weighted by atomic mass is 32.2. The quantitative estimate of drug-likeness (QED) is 0.844. The largest absolute Gasteiger partial charge is 0.322 e. The Bertz CT molecular complexity index is 894. The number of urea groups is 1. The molecule has 138 valence electrons. The smallest absolute Gasteiger partial charge is 0.316 e. The standard InChI is InChI=1S/C19H23N3O3S/c1-14-15(13-26(2,24)25)6-5-8-18(14)21-19(23)22(17-9-10-17)12-16-7-3-4-11-20-16/h3-8,11,17H,9-10,12-13H2,1-2H3,(H,21,23). The zero-order valence-corrected chi connectivity index (χ0v) is 15.8. The van der Waals surface area contributed by atoms with E-state index in [1.807, 2.05) is 25.1 Å². The molecule has 1 aliphatic carbocycles. The van der Waals surface area contributed by atoms with Gasteiger partial charge in [0.2, 0.25) is 0 Å². The molecule has 6 nitrogen and oxygen atoms in total. The molecule has 0 atom stereocenters. The zero-order chi connectivity index (χ0) is 18.7. The Kier molecular flexibility index (Phi) is 5.27. The Balaban J connectivity index is 1.76. The summed E-state index contributed by atoms with van der Waals surface area (Å²) in [6, 6.07) is 11.0. The van der Waals surface area contributed by atoms with Crippen LogP contribution in [-0.4, -0.2) is 36.6 Å². The van der Waals surface area contributed by atoms with Crippen LogP contribution in [0.1, 0.15) is 29.7 Å². The molecule has 2 amide bonds. The number of sulfone groups is 1. The minimum Gasteiger partial charge on any atom is -0.316 e. The summed E-state index contributed by atoms with van der Waals surface area (Å²) in [6.07, 6.45) is 4.91. The van der Waals surface area contributed by atoms with E-state index in [0.29, 0.717) is 17.8 Å². The minimum absolute atomic E-state index is 0.0389. The van der Waals surface area contributed by atoms with Crippen LogP contribution in [0.15, 0.2) is 42.6 Å². The van der Waals surface area contributed by atoms with Crippen molar-refractivity contribution in [3.05, 3.63) is 59.4 Å². The normalized spacial score (nSPS) is 14.1. The van der Waals surface area contributed by atoms with Gasteiger partial charge in [-0.1, -0.05) is 18.2 Å². The minimum atomic E-state index is -3.14. The number of aromatic nitrogens is 1. The fourth-order valence-corrected chi connectivity index (χ4v) is 3.74. The lowest BCUT2D eigenvalue weighted by Crippen LogP contribution is -2.36. The fourth-order valence-electron chi connectivity index (χ4n) is 2.86. The van der Waals surface area contributed by atoms with Crippen LogP contribution in [0.25, 0.3) is 0 Å². The van der Waals surface area contributed by atoms with Crippen molar-refractivity contribution < 1.29 is 13.2 Å². The molecule has 0 spiro atoms. The summed E-state index contributed by atoms with van der Waals surface area (Å²) in [5, 5.41) is 2.94. The van der Waals surface area contributed by atoms with Crippen molar-refractivity contribution in [2.75, 3.05) is 11.6 Å². The first-order valence-corrected chi connectivity index (χ1v) is 10.6. The van der Waals surface area contributed by atoms with Crippen LogP contribution in [-0.2, 0) is 22.1 Å². The van der Waals surface area contributed by atoms with E-state index in [2.05, 4.69) is 10.3 Å². The van der Waals surface area contributed by atoms with Gasteiger partial charge in [-0.3, -0.25) is 4.98 Å². The molecule has 1 N–H and O–H groups in total. The van der Waals surface area contributed by atoms with Gasteiger partial charge >= 0.3 is 6.03 Å². The lowest BCUT2D eigenvalue weighted by molar-refractivity contribution is 0.205. The number of nitrogens with zero attached hydrogens (tertiary/aromatic N) is 2. The molecule has 0 saturated heterocycles. The van der Waals surface area contributed by atoms with Crippen molar-refractivity contribution >= 4 is 21.6 Å². The first-order valence-electron chi connectivity index (χ1n) is 8.57. The molecule has 7 heteroatoms. The third kappa shape index (κ3) is 4.82. The molecule has 1 aromatic carbocycles. The van der Waals surface area contributed by atoms with Crippen LogP contribution in [0.4, 0.5) is 10.5 Å². The van der Waals surface area contributed by atoms with Gasteiger partial charge in [0.05, 0.1) is 18.0 Å². The Hall–Kier alpha value is -2.41. The molecule has 1 aliphatic rings. The summed E-state index contributed by atoms with van der Waals surface area (Å²) in [5.41, 5.74) is 2.97. The van der Waals surface area contributed by atoms with Crippen LogP contribution in [0, 0.1) is 6.92 Å². The number of benzene rings is 1. The van der Waals surface area contributed by atoms with Crippen molar-refractivity contribution in [2.24, 2.45) is 0 Å². The molecule has 1 fully saturated rings. The molecule has 26 heavy (non-hydrogen) atoms. The predicted octanol–water partition coefficient (Wildman–Crippen LogP) is 3.13. The summed E-state index contributed by atoms with van der Waals surface area (Å²) < 4.78 is 23.2. The van der Waals surface area contributed by atoms with Crippen LogP contribution in [0.3, 0.4) is 0 Å². The highest BCUT2D eigenvalue weighted by Crippen LogP contribution is 2.29. The number of pyridine rings is 1. The number of nitrogens with one attached hydrogen (secondary N) is 1. The van der Waals surface area contributed by atoms with E-state index < -0.39 is 9.84 Å². The number of rotatable bonds is 6. The van der Waals surface area contributed by atoms with Crippen LogP contribution >= 0.6 is 0 Å². The van der Waals surface area contributed by atoms with Gasteiger partial charge in [-0.2, -0.15) is 0 Å². The van der Waals surface area contributed by atoms with Crippen molar-refractivity contribution in [1.82, 2.24) is 9.88 Å². The molecule has 2 aromatic rings. The molecule has 0 aliphatic heterocycles. The monoisotopic (exact) mass is 373 g/mol. The molecular formula is C19H23N3O3S. The van der Waals surface area contributed by atoms with Crippen molar-refractivity contribution in [3.8, 4) is 0 Å². The number of hydrogen-bond acceptors (Lipinski definition) is 4. The third-order valence-corrected chi connectivity index (χ3v) is 5.25. The third-order valence-electron chi connectivity index (χ3n) is 4.41. The maximum absolute atomic E-state index is 12.8. The molecule has 1 heterocycles. The van der Waals surface area contributed by atoms with E-state index in [0.717, 1.165) is 24.1 Å².